The first-order valence-electron chi connectivity index (χ1n) is 4.34. The van der Waals surface area contributed by atoms with Gasteiger partial charge in [0.2, 0.25) is 0 Å². The summed E-state index contributed by atoms with van der Waals surface area (Å²) in [6, 6.07) is 0. The Bertz CT molecular complexity index is 144. The van der Waals surface area contributed by atoms with E-state index in [1.54, 1.807) is 0 Å². The van der Waals surface area contributed by atoms with Gasteiger partial charge in [-0.05, 0) is 13.8 Å². The molecule has 0 fully saturated rings. The molecule has 0 unspecified atom stereocenters. The minimum atomic E-state index is -0.299. The maximum absolute atomic E-state index is 10.7. The van der Waals surface area contributed by atoms with Crippen LogP contribution in [0.4, 0.5) is 0 Å². The van der Waals surface area contributed by atoms with Crippen LogP contribution in [0.3, 0.4) is 0 Å². The van der Waals surface area contributed by atoms with Crippen LogP contribution >= 0.6 is 0 Å². The third-order valence-electron chi connectivity index (χ3n) is 2.41. The predicted octanol–water partition coefficient (Wildman–Crippen LogP) is -0.679. The van der Waals surface area contributed by atoms with Crippen LogP contribution in [0.15, 0.2) is 0 Å². The maximum atomic E-state index is 10.7. The van der Waals surface area contributed by atoms with E-state index in [1.165, 1.54) is 0 Å². The summed E-state index contributed by atoms with van der Waals surface area (Å²) in [6.45, 7) is 6.71. The molecule has 0 atom stereocenters. The molecule has 4 nitrogen and oxygen atoms in total. The molecule has 0 aromatic rings. The van der Waals surface area contributed by atoms with Crippen LogP contribution in [0.2, 0.25) is 0 Å². The standard InChI is InChI=1S/C8H18N2O2/c1-3-10(4-2,5-6-11)7-8(9)12/h11H,3-7H2,1-2H3,(H-,9,12)/p+1. The van der Waals surface area contributed by atoms with Gasteiger partial charge in [-0.15, -0.1) is 0 Å². The molecule has 0 saturated carbocycles. The molecule has 0 spiro atoms. The molecule has 0 heterocycles. The van der Waals surface area contributed by atoms with E-state index in [-0.39, 0.29) is 12.5 Å². The molecular formula is C8H19N2O2+. The van der Waals surface area contributed by atoms with Gasteiger partial charge in [-0.1, -0.05) is 0 Å². The SMILES string of the molecule is CC[N+](CC)(CCO)CC(N)=O. The van der Waals surface area contributed by atoms with E-state index in [2.05, 4.69) is 0 Å². The van der Waals surface area contributed by atoms with E-state index in [1.807, 2.05) is 13.8 Å². The van der Waals surface area contributed by atoms with Crippen molar-refractivity contribution in [1.29, 1.82) is 0 Å². The third kappa shape index (κ3) is 3.19. The second kappa shape index (κ2) is 5.11. The highest BCUT2D eigenvalue weighted by molar-refractivity contribution is 5.74. The first-order valence-corrected chi connectivity index (χ1v) is 4.34. The van der Waals surface area contributed by atoms with Crippen molar-refractivity contribution in [2.75, 3.05) is 32.8 Å². The summed E-state index contributed by atoms with van der Waals surface area (Å²) in [7, 11) is 0. The number of primary amides is 1. The predicted molar refractivity (Wildman–Crippen MR) is 47.4 cm³/mol. The zero-order chi connectivity index (χ0) is 9.61. The number of nitrogens with zero attached hydrogens (tertiary/aromatic N) is 1. The number of hydrogen-bond acceptors (Lipinski definition) is 2. The topological polar surface area (TPSA) is 63.3 Å². The number of carbonyl (C=O) groups excluding carboxylic acids is 1. The lowest BCUT2D eigenvalue weighted by molar-refractivity contribution is -0.917. The number of aliphatic hydroxyl groups excluding tert-OH is 1. The number of carbonyl (C=O) groups is 1. The van der Waals surface area contributed by atoms with Gasteiger partial charge in [-0.25, -0.2) is 0 Å². The van der Waals surface area contributed by atoms with E-state index >= 15 is 0 Å². The van der Waals surface area contributed by atoms with Crippen LogP contribution in [0.1, 0.15) is 13.8 Å². The normalized spacial score (nSPS) is 11.6. The molecule has 0 bridgehead atoms. The van der Waals surface area contributed by atoms with E-state index in [0.29, 0.717) is 17.6 Å². The second-order valence-corrected chi connectivity index (χ2v) is 3.05. The van der Waals surface area contributed by atoms with Crippen molar-refractivity contribution in [3.8, 4) is 0 Å². The molecule has 72 valence electrons. The molecule has 0 rings (SSSR count). The highest BCUT2D eigenvalue weighted by atomic mass is 16.3. The van der Waals surface area contributed by atoms with Crippen molar-refractivity contribution in [3.05, 3.63) is 0 Å². The summed E-state index contributed by atoms with van der Waals surface area (Å²) in [5.74, 6) is -0.299. The summed E-state index contributed by atoms with van der Waals surface area (Å²) in [5, 5.41) is 8.81. The largest absolute Gasteiger partial charge is 0.391 e. The molecule has 12 heavy (non-hydrogen) atoms. The Morgan fingerprint density at radius 2 is 1.92 bits per heavy atom. The minimum Gasteiger partial charge on any atom is -0.391 e. The Hall–Kier alpha value is -0.610. The summed E-state index contributed by atoms with van der Waals surface area (Å²) in [5.41, 5.74) is 5.12. The van der Waals surface area contributed by atoms with Gasteiger partial charge in [0.25, 0.3) is 5.91 Å². The lowest BCUT2D eigenvalue weighted by atomic mass is 10.3. The average Bonchev–Trinajstić information content (AvgIpc) is 2.03. The van der Waals surface area contributed by atoms with Crippen molar-refractivity contribution in [1.82, 2.24) is 0 Å². The minimum absolute atomic E-state index is 0.106. The molecule has 0 aliphatic heterocycles. The van der Waals surface area contributed by atoms with Crippen molar-refractivity contribution < 1.29 is 14.4 Å². The molecule has 3 N–H and O–H groups in total. The lowest BCUT2D eigenvalue weighted by Crippen LogP contribution is -2.53. The van der Waals surface area contributed by atoms with E-state index in [4.69, 9.17) is 10.8 Å². The first kappa shape index (κ1) is 11.4. The molecule has 0 aromatic carbocycles. The third-order valence-corrected chi connectivity index (χ3v) is 2.41. The van der Waals surface area contributed by atoms with Crippen molar-refractivity contribution >= 4 is 5.91 Å². The monoisotopic (exact) mass is 175 g/mol. The van der Waals surface area contributed by atoms with E-state index in [9.17, 15) is 4.79 Å². The number of quaternary nitrogens is 1. The Labute approximate surface area is 73.6 Å². The van der Waals surface area contributed by atoms with Gasteiger partial charge in [-0.3, -0.25) is 4.79 Å². The molecule has 4 heteroatoms. The smallest absolute Gasteiger partial charge is 0.272 e. The molecule has 0 radical (unpaired) electrons. The zero-order valence-electron chi connectivity index (χ0n) is 7.92. The van der Waals surface area contributed by atoms with Gasteiger partial charge < -0.3 is 15.3 Å². The van der Waals surface area contributed by atoms with Crippen molar-refractivity contribution in [2.24, 2.45) is 5.73 Å². The summed E-state index contributed by atoms with van der Waals surface area (Å²) in [4.78, 5) is 10.7. The van der Waals surface area contributed by atoms with Gasteiger partial charge in [0, 0.05) is 0 Å². The molecule has 0 aliphatic rings. The van der Waals surface area contributed by atoms with Crippen LogP contribution in [-0.4, -0.2) is 48.3 Å². The fraction of sp³-hybridized carbons (Fsp3) is 0.875. The lowest BCUT2D eigenvalue weighted by Gasteiger charge is -2.34. The quantitative estimate of drug-likeness (QED) is 0.525. The zero-order valence-corrected chi connectivity index (χ0v) is 7.92. The Morgan fingerprint density at radius 3 is 2.17 bits per heavy atom. The molecule has 0 aromatic heterocycles. The number of hydrogen-bond donors (Lipinski definition) is 2. The second-order valence-electron chi connectivity index (χ2n) is 3.05. The first-order chi connectivity index (χ1) is 5.60. The van der Waals surface area contributed by atoms with Gasteiger partial charge in [0.05, 0.1) is 19.7 Å². The molecule has 0 aliphatic carbocycles. The molecule has 0 saturated heterocycles. The van der Waals surface area contributed by atoms with Crippen molar-refractivity contribution in [3.63, 3.8) is 0 Å². The van der Waals surface area contributed by atoms with Crippen LogP contribution in [0.25, 0.3) is 0 Å². The fourth-order valence-electron chi connectivity index (χ4n) is 1.39. The van der Waals surface area contributed by atoms with Crippen LogP contribution in [-0.2, 0) is 4.79 Å². The van der Waals surface area contributed by atoms with Gasteiger partial charge in [0.15, 0.2) is 6.54 Å². The number of nitrogens with two attached hydrogens (primary N) is 1. The van der Waals surface area contributed by atoms with Gasteiger partial charge in [0.1, 0.15) is 6.54 Å². The van der Waals surface area contributed by atoms with Crippen molar-refractivity contribution in [2.45, 2.75) is 13.8 Å². The van der Waals surface area contributed by atoms with Crippen LogP contribution < -0.4 is 5.73 Å². The van der Waals surface area contributed by atoms with Crippen LogP contribution in [0, 0.1) is 0 Å². The summed E-state index contributed by atoms with van der Waals surface area (Å²) >= 11 is 0. The molecular weight excluding hydrogens is 156 g/mol. The number of likely N-dealkylation sites (N-methyl/N-ethyl adjacent to an activating group) is 1. The average molecular weight is 175 g/mol. The number of amides is 1. The summed E-state index contributed by atoms with van der Waals surface area (Å²) < 4.78 is 0.589. The Morgan fingerprint density at radius 1 is 1.42 bits per heavy atom. The van der Waals surface area contributed by atoms with Gasteiger partial charge in [-0.2, -0.15) is 0 Å². The maximum Gasteiger partial charge on any atom is 0.272 e. The Kier molecular flexibility index (Phi) is 4.85. The number of rotatable bonds is 6. The highest BCUT2D eigenvalue weighted by Crippen LogP contribution is 2.04. The fourth-order valence-corrected chi connectivity index (χ4v) is 1.39. The van der Waals surface area contributed by atoms with E-state index < -0.39 is 0 Å². The Balaban J connectivity index is 4.23. The van der Waals surface area contributed by atoms with Gasteiger partial charge >= 0.3 is 0 Å². The number of aliphatic hydroxyl groups is 1. The van der Waals surface area contributed by atoms with Crippen LogP contribution in [0.5, 0.6) is 0 Å². The van der Waals surface area contributed by atoms with E-state index in [0.717, 1.165) is 13.1 Å². The summed E-state index contributed by atoms with van der Waals surface area (Å²) in [6.07, 6.45) is 0. The molecule has 1 amide bonds. The highest BCUT2D eigenvalue weighted by Gasteiger charge is 2.24.